The molecule has 0 radical (unpaired) electrons. The fourth-order valence-corrected chi connectivity index (χ4v) is 2.84. The molecule has 0 saturated carbocycles. The van der Waals surface area contributed by atoms with Crippen LogP contribution in [0.1, 0.15) is 5.56 Å². The molecule has 0 amide bonds. The van der Waals surface area contributed by atoms with Gasteiger partial charge in [-0.25, -0.2) is 0 Å². The molecule has 0 bridgehead atoms. The monoisotopic (exact) mass is 430 g/mol. The van der Waals surface area contributed by atoms with Crippen molar-refractivity contribution in [3.63, 3.8) is 0 Å². The van der Waals surface area contributed by atoms with Crippen LogP contribution in [0, 0.1) is 0 Å². The maximum atomic E-state index is 3.67. The van der Waals surface area contributed by atoms with Gasteiger partial charge in [0, 0.05) is 13.4 Å². The normalized spacial score (nSPS) is 9.28. The van der Waals surface area contributed by atoms with E-state index in [1.807, 2.05) is 42.5 Å². The SMILES string of the molecule is Brc1cccc(Br)c1.C=CCc1cccc(Br)c1. The predicted molar refractivity (Wildman–Crippen MR) is 89.9 cm³/mol. The van der Waals surface area contributed by atoms with Crippen LogP contribution >= 0.6 is 47.8 Å². The molecular weight excluding hydrogens is 420 g/mol. The van der Waals surface area contributed by atoms with Gasteiger partial charge in [0.15, 0.2) is 0 Å². The van der Waals surface area contributed by atoms with E-state index >= 15 is 0 Å². The highest BCUT2D eigenvalue weighted by Gasteiger charge is 1.88. The zero-order valence-electron chi connectivity index (χ0n) is 9.74. The number of benzene rings is 2. The van der Waals surface area contributed by atoms with E-state index in [1.54, 1.807) is 0 Å². The van der Waals surface area contributed by atoms with Crippen molar-refractivity contribution in [1.82, 2.24) is 0 Å². The van der Waals surface area contributed by atoms with E-state index in [-0.39, 0.29) is 0 Å². The molecule has 2 rings (SSSR count). The highest BCUT2D eigenvalue weighted by molar-refractivity contribution is 9.11. The second-order valence-electron chi connectivity index (χ2n) is 3.56. The fourth-order valence-electron chi connectivity index (χ4n) is 1.29. The standard InChI is InChI=1S/C9H9Br.C6H4Br2/c1-2-4-8-5-3-6-9(10)7-8;7-5-2-1-3-6(8)4-5/h2-3,5-7H,1,4H2;1-4H. The molecule has 94 valence electrons. The molecule has 0 aliphatic carbocycles. The van der Waals surface area contributed by atoms with Gasteiger partial charge in [-0.05, 0) is 42.3 Å². The van der Waals surface area contributed by atoms with E-state index in [9.17, 15) is 0 Å². The van der Waals surface area contributed by atoms with Crippen molar-refractivity contribution in [2.75, 3.05) is 0 Å². The maximum absolute atomic E-state index is 3.67. The average molecular weight is 433 g/mol. The molecule has 0 saturated heterocycles. The second kappa shape index (κ2) is 8.68. The molecule has 0 nitrogen and oxygen atoms in total. The van der Waals surface area contributed by atoms with E-state index in [4.69, 9.17) is 0 Å². The van der Waals surface area contributed by atoms with Crippen molar-refractivity contribution in [1.29, 1.82) is 0 Å². The first-order valence-corrected chi connectivity index (χ1v) is 7.76. The van der Waals surface area contributed by atoms with Crippen molar-refractivity contribution in [2.24, 2.45) is 0 Å². The molecule has 18 heavy (non-hydrogen) atoms. The molecule has 0 heterocycles. The summed E-state index contributed by atoms with van der Waals surface area (Å²) >= 11 is 10.1. The van der Waals surface area contributed by atoms with Crippen LogP contribution in [0.2, 0.25) is 0 Å². The molecule has 2 aromatic rings. The van der Waals surface area contributed by atoms with E-state index < -0.39 is 0 Å². The summed E-state index contributed by atoms with van der Waals surface area (Å²) in [5.74, 6) is 0. The van der Waals surface area contributed by atoms with Gasteiger partial charge in [-0.3, -0.25) is 0 Å². The summed E-state index contributed by atoms with van der Waals surface area (Å²) in [5, 5.41) is 0. The smallest absolute Gasteiger partial charge is 0.0186 e. The maximum Gasteiger partial charge on any atom is 0.0186 e. The molecular formula is C15H13Br3. The molecule has 3 heteroatoms. The number of allylic oxidation sites excluding steroid dienone is 1. The van der Waals surface area contributed by atoms with Crippen LogP contribution in [0.3, 0.4) is 0 Å². The topological polar surface area (TPSA) is 0 Å². The molecule has 0 unspecified atom stereocenters. The van der Waals surface area contributed by atoms with Crippen LogP contribution in [0.15, 0.2) is 74.6 Å². The minimum atomic E-state index is 0.944. The Bertz CT molecular complexity index is 489. The molecule has 0 aliphatic rings. The molecule has 0 spiro atoms. The van der Waals surface area contributed by atoms with Gasteiger partial charge >= 0.3 is 0 Å². The molecule has 2 aromatic carbocycles. The minimum absolute atomic E-state index is 0.944. The third-order valence-corrected chi connectivity index (χ3v) is 3.54. The summed E-state index contributed by atoms with van der Waals surface area (Å²) in [6.07, 6.45) is 2.85. The Hall–Kier alpha value is -0.380. The highest BCUT2D eigenvalue weighted by atomic mass is 79.9. The lowest BCUT2D eigenvalue weighted by Gasteiger charge is -1.95. The number of hydrogen-bond donors (Lipinski definition) is 0. The minimum Gasteiger partial charge on any atom is -0.103 e. The van der Waals surface area contributed by atoms with E-state index in [1.165, 1.54) is 5.56 Å². The van der Waals surface area contributed by atoms with Gasteiger partial charge in [0.25, 0.3) is 0 Å². The van der Waals surface area contributed by atoms with Crippen molar-refractivity contribution in [3.05, 3.63) is 80.2 Å². The first kappa shape index (κ1) is 15.7. The van der Waals surface area contributed by atoms with Crippen molar-refractivity contribution in [3.8, 4) is 0 Å². The summed E-state index contributed by atoms with van der Waals surface area (Å²) in [6, 6.07) is 16.2. The lowest BCUT2D eigenvalue weighted by Crippen LogP contribution is -1.77. The van der Waals surface area contributed by atoms with E-state index in [0.717, 1.165) is 19.8 Å². The molecule has 0 atom stereocenters. The lowest BCUT2D eigenvalue weighted by atomic mass is 10.2. The molecule has 0 fully saturated rings. The first-order chi connectivity index (χ1) is 8.61. The summed E-state index contributed by atoms with van der Waals surface area (Å²) in [4.78, 5) is 0. The second-order valence-corrected chi connectivity index (χ2v) is 6.31. The van der Waals surface area contributed by atoms with Crippen LogP contribution in [-0.2, 0) is 6.42 Å². The first-order valence-electron chi connectivity index (χ1n) is 5.38. The van der Waals surface area contributed by atoms with Crippen molar-refractivity contribution < 1.29 is 0 Å². The van der Waals surface area contributed by atoms with Crippen LogP contribution in [-0.4, -0.2) is 0 Å². The fraction of sp³-hybridized carbons (Fsp3) is 0.0667. The molecule has 0 aliphatic heterocycles. The van der Waals surface area contributed by atoms with Gasteiger partial charge in [0.2, 0.25) is 0 Å². The number of halogens is 3. The number of hydrogen-bond acceptors (Lipinski definition) is 0. The summed E-state index contributed by atoms with van der Waals surface area (Å²) < 4.78 is 3.34. The van der Waals surface area contributed by atoms with Gasteiger partial charge in [-0.2, -0.15) is 0 Å². The Kier molecular flexibility index (Phi) is 7.56. The molecule has 0 aromatic heterocycles. The van der Waals surface area contributed by atoms with Crippen LogP contribution < -0.4 is 0 Å². The summed E-state index contributed by atoms with van der Waals surface area (Å²) in [7, 11) is 0. The quantitative estimate of drug-likeness (QED) is 0.482. The third kappa shape index (κ3) is 6.53. The number of rotatable bonds is 2. The zero-order valence-corrected chi connectivity index (χ0v) is 14.5. The predicted octanol–water partition coefficient (Wildman–Crippen LogP) is 6.39. The van der Waals surface area contributed by atoms with Crippen LogP contribution in [0.4, 0.5) is 0 Å². The van der Waals surface area contributed by atoms with Gasteiger partial charge in [0.05, 0.1) is 0 Å². The summed E-state index contributed by atoms with van der Waals surface area (Å²) in [5.41, 5.74) is 1.30. The van der Waals surface area contributed by atoms with E-state index in [0.29, 0.717) is 0 Å². The van der Waals surface area contributed by atoms with Crippen molar-refractivity contribution >= 4 is 47.8 Å². The average Bonchev–Trinajstić information content (AvgIpc) is 2.30. The van der Waals surface area contributed by atoms with Crippen LogP contribution in [0.5, 0.6) is 0 Å². The Morgan fingerprint density at radius 1 is 0.833 bits per heavy atom. The van der Waals surface area contributed by atoms with Gasteiger partial charge in [0.1, 0.15) is 0 Å². The van der Waals surface area contributed by atoms with Gasteiger partial charge in [-0.1, -0.05) is 72.1 Å². The third-order valence-electron chi connectivity index (χ3n) is 2.06. The highest BCUT2D eigenvalue weighted by Crippen LogP contribution is 2.15. The van der Waals surface area contributed by atoms with E-state index in [2.05, 4.69) is 66.5 Å². The zero-order chi connectivity index (χ0) is 13.4. The van der Waals surface area contributed by atoms with Crippen LogP contribution in [0.25, 0.3) is 0 Å². The largest absolute Gasteiger partial charge is 0.103 e. The van der Waals surface area contributed by atoms with Gasteiger partial charge < -0.3 is 0 Å². The Balaban J connectivity index is 0.000000184. The Morgan fingerprint density at radius 2 is 1.33 bits per heavy atom. The lowest BCUT2D eigenvalue weighted by molar-refractivity contribution is 1.27. The van der Waals surface area contributed by atoms with Gasteiger partial charge in [-0.15, -0.1) is 6.58 Å². The Morgan fingerprint density at radius 3 is 1.72 bits per heavy atom. The summed E-state index contributed by atoms with van der Waals surface area (Å²) in [6.45, 7) is 3.67. The van der Waals surface area contributed by atoms with Crippen molar-refractivity contribution in [2.45, 2.75) is 6.42 Å². The molecule has 0 N–H and O–H groups in total. The Labute approximate surface area is 134 Å².